The highest BCUT2D eigenvalue weighted by molar-refractivity contribution is 9.10. The molecule has 0 unspecified atom stereocenters. The normalized spacial score (nSPS) is 13.6. The van der Waals surface area contributed by atoms with Crippen LogP contribution in [0.1, 0.15) is 6.42 Å². The Morgan fingerprint density at radius 3 is 2.67 bits per heavy atom. The molecule has 27 heavy (non-hydrogen) atoms. The monoisotopic (exact) mass is 421 g/mol. The molecule has 1 N–H and O–H groups in total. The van der Waals surface area contributed by atoms with Gasteiger partial charge < -0.3 is 10.2 Å². The number of fused-ring (bicyclic) bond motifs is 1. The van der Waals surface area contributed by atoms with Crippen molar-refractivity contribution in [2.45, 2.75) is 6.42 Å². The van der Waals surface area contributed by atoms with E-state index in [4.69, 9.17) is 0 Å². The minimum Gasteiger partial charge on any atom is -0.356 e. The Balaban J connectivity index is 1.42. The molecule has 5 heterocycles. The van der Waals surface area contributed by atoms with Crippen molar-refractivity contribution in [3.63, 3.8) is 0 Å². The van der Waals surface area contributed by atoms with Gasteiger partial charge in [0.2, 0.25) is 5.95 Å². The Morgan fingerprint density at radius 2 is 1.89 bits per heavy atom. The van der Waals surface area contributed by atoms with E-state index >= 15 is 0 Å². The van der Waals surface area contributed by atoms with E-state index < -0.39 is 0 Å². The SMILES string of the molecule is Brc1ccc2ncc(-c3ccnc(Nc4ccc(N5CCC5)nc4)n3)n2c1. The van der Waals surface area contributed by atoms with Crippen LogP contribution in [0.3, 0.4) is 0 Å². The lowest BCUT2D eigenvalue weighted by Gasteiger charge is -2.31. The number of rotatable bonds is 4. The molecule has 0 aromatic carbocycles. The lowest BCUT2D eigenvalue weighted by Crippen LogP contribution is -2.37. The Labute approximate surface area is 164 Å². The Hall–Kier alpha value is -3.00. The Bertz CT molecular complexity index is 1100. The van der Waals surface area contributed by atoms with Crippen LogP contribution in [0.15, 0.2) is 59.6 Å². The number of hydrogen-bond donors (Lipinski definition) is 1. The first-order chi connectivity index (χ1) is 13.3. The summed E-state index contributed by atoms with van der Waals surface area (Å²) in [5, 5.41) is 3.23. The third-order valence-electron chi connectivity index (χ3n) is 4.57. The molecule has 0 radical (unpaired) electrons. The van der Waals surface area contributed by atoms with Gasteiger partial charge >= 0.3 is 0 Å². The summed E-state index contributed by atoms with van der Waals surface area (Å²) in [4.78, 5) is 20.2. The molecule has 1 aliphatic heterocycles. The van der Waals surface area contributed by atoms with Crippen molar-refractivity contribution in [1.29, 1.82) is 0 Å². The summed E-state index contributed by atoms with van der Waals surface area (Å²) in [7, 11) is 0. The largest absolute Gasteiger partial charge is 0.356 e. The van der Waals surface area contributed by atoms with E-state index in [2.05, 4.69) is 46.1 Å². The summed E-state index contributed by atoms with van der Waals surface area (Å²) < 4.78 is 2.98. The molecule has 0 aliphatic carbocycles. The maximum Gasteiger partial charge on any atom is 0.227 e. The van der Waals surface area contributed by atoms with Crippen LogP contribution in [0, 0.1) is 0 Å². The smallest absolute Gasteiger partial charge is 0.227 e. The van der Waals surface area contributed by atoms with Gasteiger partial charge in [0.15, 0.2) is 0 Å². The van der Waals surface area contributed by atoms with Crippen molar-refractivity contribution in [3.8, 4) is 11.4 Å². The fourth-order valence-corrected chi connectivity index (χ4v) is 3.36. The maximum absolute atomic E-state index is 4.64. The van der Waals surface area contributed by atoms with Crippen molar-refractivity contribution < 1.29 is 0 Å². The second-order valence-electron chi connectivity index (χ2n) is 6.36. The summed E-state index contributed by atoms with van der Waals surface area (Å²) >= 11 is 3.50. The molecule has 4 aromatic heterocycles. The third-order valence-corrected chi connectivity index (χ3v) is 5.04. The summed E-state index contributed by atoms with van der Waals surface area (Å²) in [6, 6.07) is 9.82. The number of anilines is 3. The molecular formula is C19H16BrN7. The molecule has 1 aliphatic rings. The highest BCUT2D eigenvalue weighted by atomic mass is 79.9. The molecule has 134 valence electrons. The van der Waals surface area contributed by atoms with Crippen molar-refractivity contribution >= 4 is 39.0 Å². The van der Waals surface area contributed by atoms with Crippen LogP contribution >= 0.6 is 15.9 Å². The van der Waals surface area contributed by atoms with Gasteiger partial charge in [-0.2, -0.15) is 0 Å². The quantitative estimate of drug-likeness (QED) is 0.538. The van der Waals surface area contributed by atoms with Crippen LogP contribution in [-0.4, -0.2) is 37.4 Å². The van der Waals surface area contributed by atoms with Crippen molar-refractivity contribution in [2.75, 3.05) is 23.3 Å². The number of aromatic nitrogens is 5. The number of nitrogens with zero attached hydrogens (tertiary/aromatic N) is 6. The molecule has 1 saturated heterocycles. The molecule has 0 bridgehead atoms. The van der Waals surface area contributed by atoms with Gasteiger partial charge in [-0.25, -0.2) is 19.9 Å². The molecule has 0 spiro atoms. The predicted octanol–water partition coefficient (Wildman–Crippen LogP) is 3.90. The summed E-state index contributed by atoms with van der Waals surface area (Å²) in [6.07, 6.45) is 8.59. The first kappa shape index (κ1) is 16.2. The van der Waals surface area contributed by atoms with Gasteiger partial charge in [0, 0.05) is 30.0 Å². The van der Waals surface area contributed by atoms with E-state index in [1.807, 2.05) is 53.3 Å². The van der Waals surface area contributed by atoms with Gasteiger partial charge in [0.25, 0.3) is 0 Å². The lowest BCUT2D eigenvalue weighted by atomic mass is 10.2. The fraction of sp³-hybridized carbons (Fsp3) is 0.158. The lowest BCUT2D eigenvalue weighted by molar-refractivity contribution is 0.610. The first-order valence-corrected chi connectivity index (χ1v) is 9.50. The molecular weight excluding hydrogens is 406 g/mol. The molecule has 7 nitrogen and oxygen atoms in total. The standard InChI is InChI=1S/C19H16BrN7/c20-13-2-4-18-23-11-16(27(18)12-13)15-6-7-21-19(25-15)24-14-3-5-17(22-10-14)26-8-1-9-26/h2-7,10-12H,1,8-9H2,(H,21,24,25). The van der Waals surface area contributed by atoms with Gasteiger partial charge in [-0.1, -0.05) is 0 Å². The van der Waals surface area contributed by atoms with E-state index in [0.717, 1.165) is 46.1 Å². The predicted molar refractivity (Wildman–Crippen MR) is 108 cm³/mol. The molecule has 5 rings (SSSR count). The van der Waals surface area contributed by atoms with Crippen LogP contribution in [-0.2, 0) is 0 Å². The highest BCUT2D eigenvalue weighted by Gasteiger charge is 2.15. The molecule has 0 atom stereocenters. The fourth-order valence-electron chi connectivity index (χ4n) is 3.03. The number of imidazole rings is 1. The van der Waals surface area contributed by atoms with Crippen molar-refractivity contribution in [1.82, 2.24) is 24.3 Å². The molecule has 0 saturated carbocycles. The molecule has 8 heteroatoms. The summed E-state index contributed by atoms with van der Waals surface area (Å²) in [5.74, 6) is 1.54. The van der Waals surface area contributed by atoms with E-state index in [1.54, 1.807) is 6.20 Å². The zero-order valence-corrected chi connectivity index (χ0v) is 16.0. The first-order valence-electron chi connectivity index (χ1n) is 8.70. The second-order valence-corrected chi connectivity index (χ2v) is 7.27. The van der Waals surface area contributed by atoms with Gasteiger partial charge in [-0.3, -0.25) is 4.40 Å². The van der Waals surface area contributed by atoms with Gasteiger partial charge in [0.05, 0.1) is 29.5 Å². The second kappa shape index (κ2) is 6.62. The van der Waals surface area contributed by atoms with Gasteiger partial charge in [-0.05, 0) is 52.7 Å². The van der Waals surface area contributed by atoms with Crippen LogP contribution in [0.4, 0.5) is 17.5 Å². The average molecular weight is 422 g/mol. The third kappa shape index (κ3) is 3.12. The van der Waals surface area contributed by atoms with Crippen molar-refractivity contribution in [3.05, 3.63) is 59.6 Å². The van der Waals surface area contributed by atoms with E-state index in [-0.39, 0.29) is 0 Å². The number of nitrogens with one attached hydrogen (secondary N) is 1. The molecule has 1 fully saturated rings. The molecule has 0 amide bonds. The van der Waals surface area contributed by atoms with E-state index in [9.17, 15) is 0 Å². The van der Waals surface area contributed by atoms with E-state index in [1.165, 1.54) is 6.42 Å². The Kier molecular flexibility index (Phi) is 3.97. The van der Waals surface area contributed by atoms with Crippen LogP contribution < -0.4 is 10.2 Å². The van der Waals surface area contributed by atoms with Crippen molar-refractivity contribution in [2.24, 2.45) is 0 Å². The van der Waals surface area contributed by atoms with Crippen LogP contribution in [0.5, 0.6) is 0 Å². The summed E-state index contributed by atoms with van der Waals surface area (Å²) in [6.45, 7) is 2.17. The summed E-state index contributed by atoms with van der Waals surface area (Å²) in [5.41, 5.74) is 3.43. The van der Waals surface area contributed by atoms with Gasteiger partial charge in [-0.15, -0.1) is 0 Å². The maximum atomic E-state index is 4.64. The number of pyridine rings is 2. The Morgan fingerprint density at radius 1 is 0.963 bits per heavy atom. The zero-order valence-electron chi connectivity index (χ0n) is 14.4. The van der Waals surface area contributed by atoms with Crippen LogP contribution in [0.2, 0.25) is 0 Å². The molecule has 4 aromatic rings. The minimum absolute atomic E-state index is 0.524. The minimum atomic E-state index is 0.524. The number of halogens is 1. The zero-order chi connectivity index (χ0) is 18.2. The highest BCUT2D eigenvalue weighted by Crippen LogP contribution is 2.23. The average Bonchev–Trinajstić information content (AvgIpc) is 3.05. The van der Waals surface area contributed by atoms with Crippen LogP contribution in [0.25, 0.3) is 17.0 Å². The van der Waals surface area contributed by atoms with Gasteiger partial charge in [0.1, 0.15) is 11.5 Å². The van der Waals surface area contributed by atoms with E-state index in [0.29, 0.717) is 5.95 Å². The topological polar surface area (TPSA) is 71.2 Å². The number of hydrogen-bond acceptors (Lipinski definition) is 6.